The van der Waals surface area contributed by atoms with Gasteiger partial charge < -0.3 is 15.0 Å². The Bertz CT molecular complexity index is 909. The number of nitrogens with one attached hydrogen (secondary N) is 1. The smallest absolute Gasteiger partial charge is 0.249 e. The molecule has 0 spiro atoms. The topological polar surface area (TPSA) is 72.3 Å². The van der Waals surface area contributed by atoms with Crippen LogP contribution < -0.4 is 15.0 Å². The van der Waals surface area contributed by atoms with Crippen molar-refractivity contribution in [2.75, 3.05) is 16.8 Å². The third-order valence-electron chi connectivity index (χ3n) is 4.24. The number of amides is 1. The first-order valence-electron chi connectivity index (χ1n) is 8.44. The first-order chi connectivity index (χ1) is 12.7. The van der Waals surface area contributed by atoms with Crippen LogP contribution in [0, 0.1) is 0 Å². The zero-order valence-electron chi connectivity index (χ0n) is 14.4. The van der Waals surface area contributed by atoms with Gasteiger partial charge in [0.2, 0.25) is 11.8 Å². The number of pyridine rings is 1. The van der Waals surface area contributed by atoms with E-state index in [2.05, 4.69) is 15.4 Å². The number of rotatable bonds is 5. The number of ether oxygens (including phenoxy) is 1. The van der Waals surface area contributed by atoms with Crippen LogP contribution in [0.25, 0.3) is 0 Å². The van der Waals surface area contributed by atoms with Crippen LogP contribution in [0.3, 0.4) is 0 Å². The molecule has 1 atom stereocenters. The minimum Gasteiger partial charge on any atom is -0.439 e. The fraction of sp³-hybridized carbons (Fsp3) is 0.211. The average molecular weight is 349 g/mol. The van der Waals surface area contributed by atoms with Crippen molar-refractivity contribution in [2.24, 2.45) is 7.05 Å². The Hall–Kier alpha value is -3.35. The molecule has 26 heavy (non-hydrogen) atoms. The number of carbonyl (C=O) groups is 1. The summed E-state index contributed by atoms with van der Waals surface area (Å²) in [6.07, 6.45) is 5.98. The van der Waals surface area contributed by atoms with Gasteiger partial charge in [-0.05, 0) is 24.6 Å². The molecule has 7 nitrogen and oxygen atoms in total. The Morgan fingerprint density at radius 2 is 2.15 bits per heavy atom. The fourth-order valence-corrected chi connectivity index (χ4v) is 3.00. The fourth-order valence-electron chi connectivity index (χ4n) is 3.00. The Labute approximate surface area is 151 Å². The van der Waals surface area contributed by atoms with Crippen LogP contribution in [0.5, 0.6) is 11.6 Å². The lowest BCUT2D eigenvalue weighted by molar-refractivity contribution is -0.117. The summed E-state index contributed by atoms with van der Waals surface area (Å²) in [6, 6.07) is 12.8. The van der Waals surface area contributed by atoms with Gasteiger partial charge in [0, 0.05) is 43.8 Å². The lowest BCUT2D eigenvalue weighted by atomic mass is 10.2. The molecular formula is C19H19N5O2. The number of hydrogen-bond donors (Lipinski definition) is 1. The number of nitrogens with zero attached hydrogens (tertiary/aromatic N) is 4. The van der Waals surface area contributed by atoms with E-state index in [0.29, 0.717) is 18.2 Å². The second kappa shape index (κ2) is 6.87. The zero-order valence-corrected chi connectivity index (χ0v) is 14.4. The predicted molar refractivity (Wildman–Crippen MR) is 98.3 cm³/mol. The highest BCUT2D eigenvalue weighted by Gasteiger charge is 2.33. The molecule has 1 saturated heterocycles. The molecule has 1 unspecified atom stereocenters. The van der Waals surface area contributed by atoms with Crippen molar-refractivity contribution < 1.29 is 9.53 Å². The van der Waals surface area contributed by atoms with Gasteiger partial charge in [-0.15, -0.1) is 0 Å². The molecule has 1 aliphatic heterocycles. The predicted octanol–water partition coefficient (Wildman–Crippen LogP) is 2.82. The molecule has 3 heterocycles. The van der Waals surface area contributed by atoms with Crippen molar-refractivity contribution in [1.29, 1.82) is 0 Å². The molecule has 0 bridgehead atoms. The number of benzene rings is 1. The van der Waals surface area contributed by atoms with Gasteiger partial charge in [-0.1, -0.05) is 12.1 Å². The lowest BCUT2D eigenvalue weighted by Crippen LogP contribution is -2.33. The van der Waals surface area contributed by atoms with E-state index in [1.807, 2.05) is 49.6 Å². The highest BCUT2D eigenvalue weighted by atomic mass is 16.5. The summed E-state index contributed by atoms with van der Waals surface area (Å²) in [5, 5.41) is 7.44. The van der Waals surface area contributed by atoms with E-state index < -0.39 is 0 Å². The molecule has 132 valence electrons. The summed E-state index contributed by atoms with van der Waals surface area (Å²) in [6.45, 7) is 0.673. The number of aromatic nitrogens is 3. The Balaban J connectivity index is 1.44. The third-order valence-corrected chi connectivity index (χ3v) is 4.24. The maximum atomic E-state index is 12.7. The van der Waals surface area contributed by atoms with Gasteiger partial charge in [0.15, 0.2) is 0 Å². The van der Waals surface area contributed by atoms with E-state index >= 15 is 0 Å². The van der Waals surface area contributed by atoms with E-state index in [1.165, 1.54) is 0 Å². The minimum atomic E-state index is -0.264. The van der Waals surface area contributed by atoms with Crippen LogP contribution in [0.2, 0.25) is 0 Å². The van der Waals surface area contributed by atoms with E-state index in [9.17, 15) is 4.79 Å². The highest BCUT2D eigenvalue weighted by Crippen LogP contribution is 2.26. The van der Waals surface area contributed by atoms with Crippen LogP contribution in [0.4, 0.5) is 11.4 Å². The summed E-state index contributed by atoms with van der Waals surface area (Å²) in [7, 11) is 1.84. The monoisotopic (exact) mass is 349 g/mol. The van der Waals surface area contributed by atoms with Gasteiger partial charge in [-0.2, -0.15) is 5.10 Å². The van der Waals surface area contributed by atoms with E-state index in [4.69, 9.17) is 4.74 Å². The molecule has 1 aliphatic rings. The van der Waals surface area contributed by atoms with Crippen molar-refractivity contribution in [2.45, 2.75) is 12.5 Å². The summed E-state index contributed by atoms with van der Waals surface area (Å²) >= 11 is 0. The number of aryl methyl sites for hydroxylation is 1. The standard InChI is InChI=1S/C19H19N5O2/c1-23-13-15(12-21-23)24-10-8-17(19(24)25)22-14-5-4-6-16(11-14)26-18-7-2-3-9-20-18/h2-7,9,11-13,17,22H,8,10H2,1H3. The molecule has 4 rings (SSSR count). The van der Waals surface area contributed by atoms with Crippen LogP contribution in [0.1, 0.15) is 6.42 Å². The zero-order chi connectivity index (χ0) is 17.9. The normalized spacial score (nSPS) is 16.7. The molecule has 0 radical (unpaired) electrons. The average Bonchev–Trinajstić information content (AvgIpc) is 3.22. The Morgan fingerprint density at radius 3 is 2.92 bits per heavy atom. The van der Waals surface area contributed by atoms with Crippen LogP contribution in [0.15, 0.2) is 61.1 Å². The minimum absolute atomic E-state index is 0.0500. The van der Waals surface area contributed by atoms with Crippen molar-refractivity contribution in [3.63, 3.8) is 0 Å². The molecule has 1 amide bonds. The molecule has 0 aliphatic carbocycles. The summed E-state index contributed by atoms with van der Waals surface area (Å²) < 4.78 is 7.44. The summed E-state index contributed by atoms with van der Waals surface area (Å²) in [4.78, 5) is 18.6. The van der Waals surface area contributed by atoms with E-state index in [0.717, 1.165) is 17.8 Å². The quantitative estimate of drug-likeness (QED) is 0.767. The Kier molecular flexibility index (Phi) is 4.27. The van der Waals surface area contributed by atoms with Gasteiger partial charge in [-0.25, -0.2) is 4.98 Å². The molecule has 7 heteroatoms. The molecular weight excluding hydrogens is 330 g/mol. The van der Waals surface area contributed by atoms with Crippen molar-refractivity contribution in [3.05, 3.63) is 61.1 Å². The first kappa shape index (κ1) is 16.1. The summed E-state index contributed by atoms with van der Waals surface area (Å²) in [5.74, 6) is 1.25. The number of hydrogen-bond acceptors (Lipinski definition) is 5. The maximum Gasteiger partial charge on any atom is 0.249 e. The molecule has 1 aromatic carbocycles. The van der Waals surface area contributed by atoms with Crippen molar-refractivity contribution in [3.8, 4) is 11.6 Å². The van der Waals surface area contributed by atoms with Crippen molar-refractivity contribution in [1.82, 2.24) is 14.8 Å². The number of carbonyl (C=O) groups excluding carboxylic acids is 1. The van der Waals surface area contributed by atoms with Gasteiger partial charge >= 0.3 is 0 Å². The van der Waals surface area contributed by atoms with E-state index in [-0.39, 0.29) is 11.9 Å². The van der Waals surface area contributed by atoms with Crippen LogP contribution >= 0.6 is 0 Å². The van der Waals surface area contributed by atoms with E-state index in [1.54, 1.807) is 28.0 Å². The van der Waals surface area contributed by atoms with Gasteiger partial charge in [0.05, 0.1) is 11.9 Å². The lowest BCUT2D eigenvalue weighted by Gasteiger charge is -2.16. The molecule has 0 saturated carbocycles. The molecule has 1 fully saturated rings. The second-order valence-corrected chi connectivity index (χ2v) is 6.15. The molecule has 1 N–H and O–H groups in total. The molecule has 3 aromatic rings. The summed E-state index contributed by atoms with van der Waals surface area (Å²) in [5.41, 5.74) is 1.67. The third kappa shape index (κ3) is 3.37. The van der Waals surface area contributed by atoms with Crippen molar-refractivity contribution >= 4 is 17.3 Å². The highest BCUT2D eigenvalue weighted by molar-refractivity contribution is 6.00. The van der Waals surface area contributed by atoms with Gasteiger partial charge in [-0.3, -0.25) is 9.48 Å². The largest absolute Gasteiger partial charge is 0.439 e. The SMILES string of the molecule is Cn1cc(N2CCC(Nc3cccc(Oc4ccccn4)c3)C2=O)cn1. The Morgan fingerprint density at radius 1 is 1.23 bits per heavy atom. The first-order valence-corrected chi connectivity index (χ1v) is 8.44. The van der Waals surface area contributed by atoms with Gasteiger partial charge in [0.25, 0.3) is 0 Å². The molecule has 2 aromatic heterocycles. The second-order valence-electron chi connectivity index (χ2n) is 6.15. The van der Waals surface area contributed by atoms with Crippen LogP contribution in [-0.4, -0.2) is 33.3 Å². The van der Waals surface area contributed by atoms with Gasteiger partial charge in [0.1, 0.15) is 11.8 Å². The number of anilines is 2. The van der Waals surface area contributed by atoms with Crippen LogP contribution in [-0.2, 0) is 11.8 Å². The maximum absolute atomic E-state index is 12.7.